The lowest BCUT2D eigenvalue weighted by atomic mass is 9.99. The molecule has 0 aromatic heterocycles. The van der Waals surface area contributed by atoms with Crippen LogP contribution in [0.5, 0.6) is 0 Å². The summed E-state index contributed by atoms with van der Waals surface area (Å²) < 4.78 is 11.3. The Bertz CT molecular complexity index is 787. The molecule has 0 saturated heterocycles. The van der Waals surface area contributed by atoms with Gasteiger partial charge in [0.1, 0.15) is 0 Å². The van der Waals surface area contributed by atoms with Crippen molar-refractivity contribution in [2.24, 2.45) is 5.92 Å². The molecule has 0 aliphatic rings. The maximum absolute atomic E-state index is 11.2. The molecule has 368 valence electrons. The van der Waals surface area contributed by atoms with Gasteiger partial charge in [-0.15, -0.1) is 0 Å². The van der Waals surface area contributed by atoms with Crippen LogP contribution in [-0.4, -0.2) is 62.5 Å². The molecular weight excluding hydrogens is 757 g/mol. The molecule has 0 rings (SSSR count). The van der Waals surface area contributed by atoms with Gasteiger partial charge in [0.15, 0.2) is 0 Å². The Morgan fingerprint density at radius 1 is 0.525 bits per heavy atom. The van der Waals surface area contributed by atoms with E-state index in [9.17, 15) is 9.59 Å². The lowest BCUT2D eigenvalue weighted by Crippen LogP contribution is -2.33. The van der Waals surface area contributed by atoms with Crippen molar-refractivity contribution in [1.29, 1.82) is 0 Å². The predicted molar refractivity (Wildman–Crippen MR) is 268 cm³/mol. The summed E-state index contributed by atoms with van der Waals surface area (Å²) in [5, 5.41) is 12.9. The van der Waals surface area contributed by atoms with Crippen molar-refractivity contribution in [3.05, 3.63) is 0 Å². The molecular formula is C54H112N2O5. The summed E-state index contributed by atoms with van der Waals surface area (Å²) >= 11 is 0. The van der Waals surface area contributed by atoms with Gasteiger partial charge in [0.05, 0.1) is 18.8 Å². The molecule has 0 saturated carbocycles. The molecule has 0 unspecified atom stereocenters. The van der Waals surface area contributed by atoms with E-state index in [1.54, 1.807) is 0 Å². The Morgan fingerprint density at radius 3 is 1.18 bits per heavy atom. The number of hydrogen-bond donors (Lipinski definition) is 3. The monoisotopic (exact) mass is 869 g/mol. The molecule has 0 radical (unpaired) electrons. The van der Waals surface area contributed by atoms with Crippen LogP contribution in [0, 0.1) is 5.92 Å². The zero-order chi connectivity index (χ0) is 45.8. The van der Waals surface area contributed by atoms with E-state index in [4.69, 9.17) is 14.6 Å². The molecule has 61 heavy (non-hydrogen) atoms. The van der Waals surface area contributed by atoms with Gasteiger partial charge < -0.3 is 25.2 Å². The summed E-state index contributed by atoms with van der Waals surface area (Å²) in [5.41, 5.74) is -0.262. The highest BCUT2D eigenvalue weighted by Gasteiger charge is 2.18. The zero-order valence-electron chi connectivity index (χ0n) is 42.8. The number of hydrogen-bond acceptors (Lipinski definition) is 5. The first-order chi connectivity index (χ1) is 29.7. The Kier molecular flexibility index (Phi) is 57.8. The van der Waals surface area contributed by atoms with E-state index in [-0.39, 0.29) is 11.5 Å². The number of nitrogens with one attached hydrogen (secondary N) is 2. The molecule has 0 spiro atoms. The second kappa shape index (κ2) is 55.0. The summed E-state index contributed by atoms with van der Waals surface area (Å²) in [6, 6.07) is 0.413. The van der Waals surface area contributed by atoms with Crippen LogP contribution in [-0.2, 0) is 19.1 Å². The number of aliphatic hydroxyl groups excluding tert-OH is 1. The van der Waals surface area contributed by atoms with E-state index >= 15 is 0 Å². The van der Waals surface area contributed by atoms with Crippen LogP contribution in [0.1, 0.15) is 286 Å². The molecule has 7 nitrogen and oxygen atoms in total. The predicted octanol–water partition coefficient (Wildman–Crippen LogP) is 15.8. The quantitative estimate of drug-likeness (QED) is 0.0418. The average molecular weight is 869 g/mol. The summed E-state index contributed by atoms with van der Waals surface area (Å²) in [4.78, 5) is 22.3. The van der Waals surface area contributed by atoms with Gasteiger partial charge in [-0.2, -0.15) is 0 Å². The summed E-state index contributed by atoms with van der Waals surface area (Å²) in [6.07, 6.45) is 51.2. The number of carbonyl (C=O) groups excluding carboxylic acids is 2. The third-order valence-corrected chi connectivity index (χ3v) is 11.8. The van der Waals surface area contributed by atoms with Crippen LogP contribution in [0.4, 0.5) is 0 Å². The van der Waals surface area contributed by atoms with Crippen molar-refractivity contribution in [2.75, 3.05) is 33.5 Å². The molecule has 0 heterocycles. The van der Waals surface area contributed by atoms with Crippen LogP contribution in [0.2, 0.25) is 0 Å². The van der Waals surface area contributed by atoms with Gasteiger partial charge >= 0.3 is 0 Å². The Balaban J connectivity index is -0.00000134. The van der Waals surface area contributed by atoms with Crippen molar-refractivity contribution in [2.45, 2.75) is 298 Å². The van der Waals surface area contributed by atoms with E-state index in [1.807, 2.05) is 20.8 Å². The lowest BCUT2D eigenvalue weighted by Gasteiger charge is -2.25. The normalized spacial score (nSPS) is 11.3. The minimum atomic E-state index is -0.262. The fraction of sp³-hybridized carbons (Fsp3) is 0.963. The number of ether oxygens (including phenoxy) is 2. The van der Waals surface area contributed by atoms with Gasteiger partial charge in [0, 0.05) is 32.7 Å². The molecule has 7 heteroatoms. The summed E-state index contributed by atoms with van der Waals surface area (Å²) in [7, 11) is 1.00. The number of aliphatic hydroxyl groups is 1. The SMILES string of the molecule is CCCC(=O)NCCOCC(C)(C)OCCC(C)C.CCCCCCCCCCCCCCCCCCC(CCCCCCCCCCCCCCCCCC)NC=O.CO. The highest BCUT2D eigenvalue weighted by Crippen LogP contribution is 2.18. The van der Waals surface area contributed by atoms with Gasteiger partial charge in [-0.25, -0.2) is 0 Å². The topological polar surface area (TPSA) is 96.9 Å². The Labute approximate surface area is 383 Å². The molecule has 2 amide bonds. The highest BCUT2D eigenvalue weighted by molar-refractivity contribution is 5.75. The van der Waals surface area contributed by atoms with Gasteiger partial charge in [-0.05, 0) is 45.4 Å². The first kappa shape index (κ1) is 64.1. The van der Waals surface area contributed by atoms with Gasteiger partial charge in [0.2, 0.25) is 12.3 Å². The largest absolute Gasteiger partial charge is 0.400 e. The van der Waals surface area contributed by atoms with Gasteiger partial charge in [-0.1, -0.05) is 240 Å². The van der Waals surface area contributed by atoms with Crippen molar-refractivity contribution < 1.29 is 24.2 Å². The van der Waals surface area contributed by atoms with E-state index in [2.05, 4.69) is 38.3 Å². The van der Waals surface area contributed by atoms with E-state index < -0.39 is 0 Å². The molecule has 0 bridgehead atoms. The number of rotatable bonds is 47. The molecule has 0 aromatic rings. The van der Waals surface area contributed by atoms with Crippen LogP contribution in [0.15, 0.2) is 0 Å². The van der Waals surface area contributed by atoms with E-state index in [1.165, 1.54) is 218 Å². The minimum absolute atomic E-state index is 0.0959. The second-order valence-corrected chi connectivity index (χ2v) is 19.1. The molecule has 0 aromatic carbocycles. The van der Waals surface area contributed by atoms with Crippen molar-refractivity contribution in [3.63, 3.8) is 0 Å². The molecule has 0 fully saturated rings. The molecule has 0 atom stereocenters. The lowest BCUT2D eigenvalue weighted by molar-refractivity contribution is -0.121. The Morgan fingerprint density at radius 2 is 0.869 bits per heavy atom. The third kappa shape index (κ3) is 58.8. The first-order valence-corrected chi connectivity index (χ1v) is 26.8. The van der Waals surface area contributed by atoms with Crippen LogP contribution < -0.4 is 10.6 Å². The number of carbonyl (C=O) groups is 2. The van der Waals surface area contributed by atoms with Crippen molar-refractivity contribution in [1.82, 2.24) is 10.6 Å². The first-order valence-electron chi connectivity index (χ1n) is 26.8. The number of amides is 2. The highest BCUT2D eigenvalue weighted by atomic mass is 16.5. The number of unbranched alkanes of at least 4 members (excludes halogenated alkanes) is 30. The van der Waals surface area contributed by atoms with E-state index in [0.29, 0.717) is 38.1 Å². The molecule has 0 aliphatic carbocycles. The minimum Gasteiger partial charge on any atom is -0.400 e. The van der Waals surface area contributed by atoms with Crippen molar-refractivity contribution in [3.8, 4) is 0 Å². The van der Waals surface area contributed by atoms with Gasteiger partial charge in [-0.3, -0.25) is 9.59 Å². The van der Waals surface area contributed by atoms with E-state index in [0.717, 1.165) is 33.0 Å². The third-order valence-electron chi connectivity index (χ3n) is 11.8. The van der Waals surface area contributed by atoms with Crippen molar-refractivity contribution >= 4 is 12.3 Å². The standard InChI is InChI=1S/C38H77NO.C15H31NO3.CH4O/c1-3-5-7-9-11-13-15-17-19-21-23-25-27-29-31-33-35-38(39-37-40)36-34-32-30-28-26-24-22-20-18-16-14-12-10-8-6-4-2;1-6-7-14(17)16-9-11-18-12-15(4,5)19-10-8-13(2)3;1-2/h37-38H,3-36H2,1-2H3,(H,39,40);13H,6-12H2,1-5H3,(H,16,17);2H,1H3. The molecule has 3 N–H and O–H groups in total. The van der Waals surface area contributed by atoms with Crippen LogP contribution >= 0.6 is 0 Å². The van der Waals surface area contributed by atoms with Crippen LogP contribution in [0.25, 0.3) is 0 Å². The Hall–Kier alpha value is -1.18. The smallest absolute Gasteiger partial charge is 0.220 e. The second-order valence-electron chi connectivity index (χ2n) is 19.1. The summed E-state index contributed by atoms with van der Waals surface area (Å²) in [6.45, 7) is 17.4. The van der Waals surface area contributed by atoms with Crippen LogP contribution in [0.3, 0.4) is 0 Å². The fourth-order valence-corrected chi connectivity index (χ4v) is 7.79. The summed E-state index contributed by atoms with van der Waals surface area (Å²) in [5.74, 6) is 0.754. The maximum atomic E-state index is 11.2. The maximum Gasteiger partial charge on any atom is 0.220 e. The fourth-order valence-electron chi connectivity index (χ4n) is 7.79. The zero-order valence-corrected chi connectivity index (χ0v) is 42.8. The average Bonchev–Trinajstić information content (AvgIpc) is 3.24. The molecule has 0 aliphatic heterocycles. The van der Waals surface area contributed by atoms with Gasteiger partial charge in [0.25, 0.3) is 0 Å².